The quantitative estimate of drug-likeness (QED) is 0.794. The standard InChI is InChI=1S/C11H15N5O2S/c1-2-9(17)5-12-10(18)6-16-14-11(13-15-16)8-3-4-19-7-8/h3-4,7,9,17H,2,5-6H2,1H3,(H,12,18). The van der Waals surface area contributed by atoms with E-state index in [4.69, 9.17) is 0 Å². The molecule has 102 valence electrons. The Balaban J connectivity index is 1.88. The molecule has 0 spiro atoms. The number of carbonyl (C=O) groups is 1. The van der Waals surface area contributed by atoms with Crippen LogP contribution in [0.25, 0.3) is 11.4 Å². The summed E-state index contributed by atoms with van der Waals surface area (Å²) in [5, 5.41) is 27.6. The summed E-state index contributed by atoms with van der Waals surface area (Å²) in [7, 11) is 0. The van der Waals surface area contributed by atoms with E-state index in [9.17, 15) is 9.90 Å². The van der Waals surface area contributed by atoms with Gasteiger partial charge in [0.15, 0.2) is 0 Å². The lowest BCUT2D eigenvalue weighted by Gasteiger charge is -2.08. The maximum Gasteiger partial charge on any atom is 0.243 e. The average molecular weight is 281 g/mol. The predicted octanol–water partition coefficient (Wildman–Crippen LogP) is 0.289. The molecular formula is C11H15N5O2S. The zero-order chi connectivity index (χ0) is 13.7. The maximum absolute atomic E-state index is 11.6. The van der Waals surface area contributed by atoms with Crippen LogP contribution < -0.4 is 5.32 Å². The normalized spacial score (nSPS) is 12.3. The molecule has 0 saturated carbocycles. The third-order valence-electron chi connectivity index (χ3n) is 2.52. The van der Waals surface area contributed by atoms with Crippen LogP contribution in [0.15, 0.2) is 16.8 Å². The third kappa shape index (κ3) is 3.83. The Kier molecular flexibility index (Phi) is 4.58. The van der Waals surface area contributed by atoms with E-state index in [1.54, 1.807) is 11.3 Å². The number of aromatic nitrogens is 4. The van der Waals surface area contributed by atoms with Gasteiger partial charge >= 0.3 is 0 Å². The molecule has 2 N–H and O–H groups in total. The lowest BCUT2D eigenvalue weighted by molar-refractivity contribution is -0.122. The molecule has 0 fully saturated rings. The van der Waals surface area contributed by atoms with E-state index in [1.165, 1.54) is 4.80 Å². The van der Waals surface area contributed by atoms with Crippen molar-refractivity contribution in [2.24, 2.45) is 0 Å². The molecule has 0 radical (unpaired) electrons. The lowest BCUT2D eigenvalue weighted by atomic mass is 10.3. The highest BCUT2D eigenvalue weighted by Crippen LogP contribution is 2.16. The van der Waals surface area contributed by atoms with E-state index in [-0.39, 0.29) is 19.0 Å². The molecule has 1 atom stereocenters. The summed E-state index contributed by atoms with van der Waals surface area (Å²) in [6, 6.07) is 1.89. The van der Waals surface area contributed by atoms with Crippen molar-refractivity contribution >= 4 is 17.2 Å². The molecule has 2 aromatic heterocycles. The molecule has 2 rings (SSSR count). The first-order valence-corrected chi connectivity index (χ1v) is 6.88. The molecule has 0 aliphatic rings. The molecule has 7 nitrogen and oxygen atoms in total. The van der Waals surface area contributed by atoms with Crippen LogP contribution in [0.1, 0.15) is 13.3 Å². The number of hydrogen-bond donors (Lipinski definition) is 2. The third-order valence-corrected chi connectivity index (χ3v) is 3.21. The minimum atomic E-state index is -0.519. The van der Waals surface area contributed by atoms with Crippen LogP contribution in [0.5, 0.6) is 0 Å². The molecule has 1 amide bonds. The van der Waals surface area contributed by atoms with Crippen molar-refractivity contribution in [1.82, 2.24) is 25.5 Å². The van der Waals surface area contributed by atoms with Gasteiger partial charge < -0.3 is 10.4 Å². The highest BCUT2D eigenvalue weighted by Gasteiger charge is 2.10. The van der Waals surface area contributed by atoms with Crippen LogP contribution in [0, 0.1) is 0 Å². The molecule has 0 aliphatic heterocycles. The molecule has 0 aromatic carbocycles. The molecule has 2 aromatic rings. The van der Waals surface area contributed by atoms with Crippen LogP contribution in [0.3, 0.4) is 0 Å². The maximum atomic E-state index is 11.6. The second-order valence-electron chi connectivity index (χ2n) is 4.02. The van der Waals surface area contributed by atoms with Gasteiger partial charge in [-0.3, -0.25) is 4.79 Å². The monoisotopic (exact) mass is 281 g/mol. The van der Waals surface area contributed by atoms with Gasteiger partial charge in [-0.15, -0.1) is 10.2 Å². The Morgan fingerprint density at radius 3 is 3.16 bits per heavy atom. The van der Waals surface area contributed by atoms with E-state index < -0.39 is 6.10 Å². The first-order chi connectivity index (χ1) is 9.19. The number of rotatable bonds is 6. The van der Waals surface area contributed by atoms with Crippen molar-refractivity contribution in [1.29, 1.82) is 0 Å². The number of amides is 1. The Bertz CT molecular complexity index is 525. The van der Waals surface area contributed by atoms with Gasteiger partial charge in [-0.05, 0) is 23.1 Å². The lowest BCUT2D eigenvalue weighted by Crippen LogP contribution is -2.34. The highest BCUT2D eigenvalue weighted by atomic mass is 32.1. The summed E-state index contributed by atoms with van der Waals surface area (Å²) in [6.45, 7) is 2.08. The molecule has 2 heterocycles. The van der Waals surface area contributed by atoms with Gasteiger partial charge in [0.05, 0.1) is 6.10 Å². The Labute approximate surface area is 114 Å². The van der Waals surface area contributed by atoms with Crippen LogP contribution in [-0.2, 0) is 11.3 Å². The number of nitrogens with one attached hydrogen (secondary N) is 1. The summed E-state index contributed by atoms with van der Waals surface area (Å²) in [4.78, 5) is 12.8. The Morgan fingerprint density at radius 2 is 2.47 bits per heavy atom. The van der Waals surface area contributed by atoms with E-state index in [0.717, 1.165) is 5.56 Å². The van der Waals surface area contributed by atoms with Gasteiger partial charge in [0.25, 0.3) is 0 Å². The van der Waals surface area contributed by atoms with Crippen molar-refractivity contribution in [3.05, 3.63) is 16.8 Å². The van der Waals surface area contributed by atoms with Gasteiger partial charge in [0.1, 0.15) is 6.54 Å². The summed E-state index contributed by atoms with van der Waals surface area (Å²) in [6.07, 6.45) is 0.0819. The van der Waals surface area contributed by atoms with Crippen LogP contribution in [0.4, 0.5) is 0 Å². The summed E-state index contributed by atoms with van der Waals surface area (Å²) >= 11 is 1.55. The highest BCUT2D eigenvalue weighted by molar-refractivity contribution is 7.08. The number of carbonyl (C=O) groups excluding carboxylic acids is 1. The molecule has 8 heteroatoms. The zero-order valence-corrected chi connectivity index (χ0v) is 11.3. The van der Waals surface area contributed by atoms with E-state index >= 15 is 0 Å². The van der Waals surface area contributed by atoms with Gasteiger partial charge in [-0.1, -0.05) is 6.92 Å². The van der Waals surface area contributed by atoms with Gasteiger partial charge in [0, 0.05) is 17.5 Å². The molecular weight excluding hydrogens is 266 g/mol. The molecule has 0 bridgehead atoms. The van der Waals surface area contributed by atoms with Crippen LogP contribution >= 0.6 is 11.3 Å². The Hall–Kier alpha value is -1.80. The Morgan fingerprint density at radius 1 is 1.63 bits per heavy atom. The van der Waals surface area contributed by atoms with Crippen molar-refractivity contribution in [2.75, 3.05) is 6.54 Å². The fourth-order valence-corrected chi connectivity index (χ4v) is 2.01. The minimum absolute atomic E-state index is 0.00638. The number of aliphatic hydroxyl groups is 1. The molecule has 1 unspecified atom stereocenters. The second-order valence-corrected chi connectivity index (χ2v) is 4.80. The van der Waals surface area contributed by atoms with E-state index in [1.807, 2.05) is 23.8 Å². The fourth-order valence-electron chi connectivity index (χ4n) is 1.38. The first-order valence-electron chi connectivity index (χ1n) is 5.94. The van der Waals surface area contributed by atoms with Gasteiger partial charge in [0.2, 0.25) is 11.7 Å². The van der Waals surface area contributed by atoms with Crippen molar-refractivity contribution in [3.63, 3.8) is 0 Å². The minimum Gasteiger partial charge on any atom is -0.391 e. The second kappa shape index (κ2) is 6.39. The van der Waals surface area contributed by atoms with E-state index in [2.05, 4.69) is 20.7 Å². The van der Waals surface area contributed by atoms with Gasteiger partial charge in [-0.25, -0.2) is 0 Å². The molecule has 0 saturated heterocycles. The van der Waals surface area contributed by atoms with Crippen LogP contribution in [0.2, 0.25) is 0 Å². The largest absolute Gasteiger partial charge is 0.391 e. The average Bonchev–Trinajstić information content (AvgIpc) is 3.06. The van der Waals surface area contributed by atoms with Crippen molar-refractivity contribution in [2.45, 2.75) is 26.0 Å². The SMILES string of the molecule is CCC(O)CNC(=O)Cn1nnc(-c2ccsc2)n1. The molecule has 19 heavy (non-hydrogen) atoms. The van der Waals surface area contributed by atoms with Crippen LogP contribution in [-0.4, -0.2) is 43.9 Å². The summed E-state index contributed by atoms with van der Waals surface area (Å²) in [5.41, 5.74) is 0.887. The summed E-state index contributed by atoms with van der Waals surface area (Å²) in [5.74, 6) is 0.254. The summed E-state index contributed by atoms with van der Waals surface area (Å²) < 4.78 is 0. The van der Waals surface area contributed by atoms with Gasteiger partial charge in [-0.2, -0.15) is 16.1 Å². The first kappa shape index (κ1) is 13.6. The molecule has 0 aliphatic carbocycles. The smallest absolute Gasteiger partial charge is 0.243 e. The fraction of sp³-hybridized carbons (Fsp3) is 0.455. The predicted molar refractivity (Wildman–Crippen MR) is 70.4 cm³/mol. The number of hydrogen-bond acceptors (Lipinski definition) is 6. The number of thiophene rings is 1. The topological polar surface area (TPSA) is 92.9 Å². The number of aliphatic hydroxyl groups excluding tert-OH is 1. The van der Waals surface area contributed by atoms with Crippen molar-refractivity contribution < 1.29 is 9.90 Å². The van der Waals surface area contributed by atoms with E-state index in [0.29, 0.717) is 12.2 Å². The number of tetrazole rings is 1. The number of nitrogens with zero attached hydrogens (tertiary/aromatic N) is 4. The zero-order valence-electron chi connectivity index (χ0n) is 10.5. The van der Waals surface area contributed by atoms with Crippen molar-refractivity contribution in [3.8, 4) is 11.4 Å².